The molecule has 0 aromatic heterocycles. The zero-order valence-corrected chi connectivity index (χ0v) is 16.5. The van der Waals surface area contributed by atoms with E-state index in [-0.39, 0.29) is 18.9 Å². The molecule has 0 unspecified atom stereocenters. The quantitative estimate of drug-likeness (QED) is 0.296. The Morgan fingerprint density at radius 2 is 1.65 bits per heavy atom. The minimum absolute atomic E-state index is 0.0965. The molecule has 0 saturated carbocycles. The second-order valence-corrected chi connectivity index (χ2v) is 7.42. The number of hydrogen-bond acceptors (Lipinski definition) is 6. The molecule has 6 N–H and O–H groups in total. The molecule has 9 nitrogen and oxygen atoms in total. The molecule has 3 amide bonds. The van der Waals surface area contributed by atoms with Crippen LogP contribution in [0.15, 0.2) is 0 Å². The van der Waals surface area contributed by atoms with E-state index in [1.807, 2.05) is 20.1 Å². The molecule has 0 bridgehead atoms. The number of carboxylic acid groups (broad SMARTS) is 1. The molecule has 0 fully saturated rings. The summed E-state index contributed by atoms with van der Waals surface area (Å²) in [6.07, 6.45) is 2.47. The molecular formula is C16H30N4O5S. The summed E-state index contributed by atoms with van der Waals surface area (Å²) in [5.41, 5.74) is 5.40. The zero-order valence-electron chi connectivity index (χ0n) is 15.7. The molecule has 26 heavy (non-hydrogen) atoms. The van der Waals surface area contributed by atoms with Crippen LogP contribution >= 0.6 is 11.8 Å². The van der Waals surface area contributed by atoms with Gasteiger partial charge in [0, 0.05) is 0 Å². The van der Waals surface area contributed by atoms with Gasteiger partial charge in [-0.15, -0.1) is 0 Å². The van der Waals surface area contributed by atoms with Crippen molar-refractivity contribution < 1.29 is 24.3 Å². The van der Waals surface area contributed by atoms with Crippen LogP contribution in [0, 0.1) is 5.92 Å². The largest absolute Gasteiger partial charge is 0.480 e. The number of amides is 3. The standard InChI is InChI=1S/C16H30N4O5S/c1-9(2)7-12(19-13(21)8-18-14(22)10(3)17)15(23)20-11(16(24)25)5-6-26-4/h9-12H,5-8,17H2,1-4H3,(H,18,22)(H,19,21)(H,20,23)(H,24,25)/t10-,11-,12-/m0/s1. The van der Waals surface area contributed by atoms with Crippen molar-refractivity contribution in [2.24, 2.45) is 11.7 Å². The van der Waals surface area contributed by atoms with Crippen LogP contribution in [-0.2, 0) is 19.2 Å². The van der Waals surface area contributed by atoms with Gasteiger partial charge in [0.05, 0.1) is 12.6 Å². The molecule has 0 aromatic rings. The fourth-order valence-corrected chi connectivity index (χ4v) is 2.51. The number of thioether (sulfide) groups is 1. The molecule has 0 aliphatic heterocycles. The van der Waals surface area contributed by atoms with Crippen LogP contribution in [0.5, 0.6) is 0 Å². The van der Waals surface area contributed by atoms with E-state index in [1.165, 1.54) is 18.7 Å². The highest BCUT2D eigenvalue weighted by Gasteiger charge is 2.27. The highest BCUT2D eigenvalue weighted by molar-refractivity contribution is 7.98. The van der Waals surface area contributed by atoms with Crippen LogP contribution in [0.4, 0.5) is 0 Å². The average Bonchev–Trinajstić information content (AvgIpc) is 2.54. The third-order valence-corrected chi connectivity index (χ3v) is 4.06. The summed E-state index contributed by atoms with van der Waals surface area (Å²) < 4.78 is 0. The topological polar surface area (TPSA) is 151 Å². The van der Waals surface area contributed by atoms with E-state index in [0.717, 1.165) is 0 Å². The Morgan fingerprint density at radius 1 is 1.04 bits per heavy atom. The Kier molecular flexibility index (Phi) is 11.7. The zero-order chi connectivity index (χ0) is 20.3. The minimum atomic E-state index is -1.12. The Morgan fingerprint density at radius 3 is 2.12 bits per heavy atom. The van der Waals surface area contributed by atoms with E-state index in [4.69, 9.17) is 5.73 Å². The Hall–Kier alpha value is -1.81. The van der Waals surface area contributed by atoms with E-state index in [9.17, 15) is 24.3 Å². The van der Waals surface area contributed by atoms with Crippen molar-refractivity contribution in [3.8, 4) is 0 Å². The third kappa shape index (κ3) is 10.2. The van der Waals surface area contributed by atoms with Gasteiger partial charge < -0.3 is 26.8 Å². The predicted molar refractivity (Wildman–Crippen MR) is 101 cm³/mol. The lowest BCUT2D eigenvalue weighted by Crippen LogP contribution is -2.54. The third-order valence-electron chi connectivity index (χ3n) is 3.42. The number of carbonyl (C=O) groups is 4. The maximum Gasteiger partial charge on any atom is 0.326 e. The van der Waals surface area contributed by atoms with Crippen molar-refractivity contribution in [1.82, 2.24) is 16.0 Å². The first-order chi connectivity index (χ1) is 12.1. The van der Waals surface area contributed by atoms with Gasteiger partial charge in [-0.05, 0) is 37.7 Å². The van der Waals surface area contributed by atoms with E-state index in [1.54, 1.807) is 0 Å². The first kappa shape index (κ1) is 24.2. The van der Waals surface area contributed by atoms with Crippen LogP contribution in [0.1, 0.15) is 33.6 Å². The van der Waals surface area contributed by atoms with Crippen molar-refractivity contribution in [3.05, 3.63) is 0 Å². The Balaban J connectivity index is 4.84. The molecule has 10 heteroatoms. The van der Waals surface area contributed by atoms with E-state index < -0.39 is 41.8 Å². The number of nitrogens with two attached hydrogens (primary N) is 1. The lowest BCUT2D eigenvalue weighted by Gasteiger charge is -2.23. The maximum atomic E-state index is 12.4. The lowest BCUT2D eigenvalue weighted by molar-refractivity contribution is -0.142. The molecule has 0 heterocycles. The second kappa shape index (κ2) is 12.5. The number of hydrogen-bond donors (Lipinski definition) is 5. The summed E-state index contributed by atoms with van der Waals surface area (Å²) >= 11 is 1.48. The van der Waals surface area contributed by atoms with Crippen LogP contribution < -0.4 is 21.7 Å². The normalized spacial score (nSPS) is 14.2. The summed E-state index contributed by atoms with van der Waals surface area (Å²) in [4.78, 5) is 47.1. The second-order valence-electron chi connectivity index (χ2n) is 6.44. The fourth-order valence-electron chi connectivity index (χ4n) is 2.04. The lowest BCUT2D eigenvalue weighted by atomic mass is 10.0. The molecule has 0 saturated heterocycles. The molecule has 0 spiro atoms. The Labute approximate surface area is 158 Å². The Bertz CT molecular complexity index is 499. The molecule has 0 aromatic carbocycles. The first-order valence-corrected chi connectivity index (χ1v) is 9.82. The van der Waals surface area contributed by atoms with Gasteiger partial charge in [0.2, 0.25) is 17.7 Å². The average molecular weight is 391 g/mol. The number of nitrogens with one attached hydrogen (secondary N) is 3. The van der Waals surface area contributed by atoms with E-state index >= 15 is 0 Å². The molecule has 0 rings (SSSR count). The highest BCUT2D eigenvalue weighted by Crippen LogP contribution is 2.07. The first-order valence-electron chi connectivity index (χ1n) is 8.43. The molecule has 150 valence electrons. The van der Waals surface area contributed by atoms with Gasteiger partial charge in [-0.3, -0.25) is 14.4 Å². The number of carbonyl (C=O) groups excluding carboxylic acids is 3. The highest BCUT2D eigenvalue weighted by atomic mass is 32.2. The molecule has 0 radical (unpaired) electrons. The predicted octanol–water partition coefficient (Wildman–Crippen LogP) is -0.697. The van der Waals surface area contributed by atoms with Gasteiger partial charge >= 0.3 is 5.97 Å². The van der Waals surface area contributed by atoms with E-state index in [0.29, 0.717) is 12.2 Å². The molecule has 3 atom stereocenters. The van der Waals surface area contributed by atoms with Crippen molar-refractivity contribution in [3.63, 3.8) is 0 Å². The number of carboxylic acids is 1. The molecule has 0 aliphatic rings. The van der Waals surface area contributed by atoms with Gasteiger partial charge in [-0.25, -0.2) is 4.79 Å². The van der Waals surface area contributed by atoms with Crippen LogP contribution in [0.3, 0.4) is 0 Å². The van der Waals surface area contributed by atoms with E-state index in [2.05, 4.69) is 16.0 Å². The minimum Gasteiger partial charge on any atom is -0.480 e. The number of rotatable bonds is 12. The molecular weight excluding hydrogens is 360 g/mol. The molecule has 0 aliphatic carbocycles. The summed E-state index contributed by atoms with van der Waals surface area (Å²) in [7, 11) is 0. The van der Waals surface area contributed by atoms with Gasteiger partial charge in [-0.2, -0.15) is 11.8 Å². The van der Waals surface area contributed by atoms with Crippen LogP contribution in [-0.4, -0.2) is 65.5 Å². The summed E-state index contributed by atoms with van der Waals surface area (Å²) in [5.74, 6) is -2.02. The van der Waals surface area contributed by atoms with Crippen molar-refractivity contribution >= 4 is 35.5 Å². The summed E-state index contributed by atoms with van der Waals surface area (Å²) in [5, 5.41) is 16.6. The van der Waals surface area contributed by atoms with Crippen molar-refractivity contribution in [1.29, 1.82) is 0 Å². The smallest absolute Gasteiger partial charge is 0.326 e. The maximum absolute atomic E-state index is 12.4. The van der Waals surface area contributed by atoms with Crippen molar-refractivity contribution in [2.75, 3.05) is 18.6 Å². The number of aliphatic carboxylic acids is 1. The van der Waals surface area contributed by atoms with Crippen molar-refractivity contribution in [2.45, 2.75) is 51.7 Å². The fraction of sp³-hybridized carbons (Fsp3) is 0.750. The summed E-state index contributed by atoms with van der Waals surface area (Å²) in [6, 6.07) is -2.64. The summed E-state index contributed by atoms with van der Waals surface area (Å²) in [6.45, 7) is 4.94. The van der Waals surface area contributed by atoms with Gasteiger partial charge in [0.15, 0.2) is 0 Å². The van der Waals surface area contributed by atoms with Gasteiger partial charge in [0.1, 0.15) is 12.1 Å². The SMILES string of the molecule is CSCC[C@H](NC(=O)[C@H](CC(C)C)NC(=O)CNC(=O)[C@H](C)N)C(=O)O. The van der Waals surface area contributed by atoms with Crippen LogP contribution in [0.2, 0.25) is 0 Å². The monoisotopic (exact) mass is 390 g/mol. The van der Waals surface area contributed by atoms with Crippen LogP contribution in [0.25, 0.3) is 0 Å². The van der Waals surface area contributed by atoms with Gasteiger partial charge in [-0.1, -0.05) is 13.8 Å². The van der Waals surface area contributed by atoms with Gasteiger partial charge in [0.25, 0.3) is 0 Å².